The summed E-state index contributed by atoms with van der Waals surface area (Å²) in [4.78, 5) is 12.4. The second-order valence-electron chi connectivity index (χ2n) is 5.33. The van der Waals surface area contributed by atoms with E-state index in [0.717, 1.165) is 10.0 Å². The van der Waals surface area contributed by atoms with E-state index in [2.05, 4.69) is 31.6 Å². The molecule has 0 aliphatic heterocycles. The van der Waals surface area contributed by atoms with Gasteiger partial charge in [-0.3, -0.25) is 4.79 Å². The van der Waals surface area contributed by atoms with Crippen molar-refractivity contribution in [3.63, 3.8) is 0 Å². The van der Waals surface area contributed by atoms with Gasteiger partial charge in [-0.15, -0.1) is 5.10 Å². The number of rotatable bonds is 3. The molecule has 24 heavy (non-hydrogen) atoms. The lowest BCUT2D eigenvalue weighted by Crippen LogP contribution is -2.13. The Morgan fingerprint density at radius 1 is 1.17 bits per heavy atom. The standard InChI is InChI=1S/C17H14BrFN4O/c1-10-3-4-12(9-15(10)18)17(24)20-16-11(2)23(22-21-16)14-7-5-13(19)6-8-14/h3-9H,1-2H3,(H,20,24). The zero-order chi connectivity index (χ0) is 17.3. The Morgan fingerprint density at radius 2 is 1.88 bits per heavy atom. The lowest BCUT2D eigenvalue weighted by atomic mass is 10.1. The molecule has 1 heterocycles. The van der Waals surface area contributed by atoms with E-state index >= 15 is 0 Å². The Hall–Kier alpha value is -2.54. The molecule has 1 amide bonds. The number of nitrogens with zero attached hydrogens (tertiary/aromatic N) is 3. The summed E-state index contributed by atoms with van der Waals surface area (Å²) in [6, 6.07) is 11.2. The third-order valence-electron chi connectivity index (χ3n) is 3.63. The van der Waals surface area contributed by atoms with Crippen LogP contribution in [0.2, 0.25) is 0 Å². The highest BCUT2D eigenvalue weighted by atomic mass is 79.9. The molecule has 1 aromatic heterocycles. The van der Waals surface area contributed by atoms with E-state index in [1.807, 2.05) is 13.0 Å². The van der Waals surface area contributed by atoms with Crippen molar-refractivity contribution in [1.82, 2.24) is 15.0 Å². The second-order valence-corrected chi connectivity index (χ2v) is 6.18. The zero-order valence-electron chi connectivity index (χ0n) is 13.0. The Labute approximate surface area is 146 Å². The lowest BCUT2D eigenvalue weighted by molar-refractivity contribution is 0.102. The van der Waals surface area contributed by atoms with Gasteiger partial charge in [-0.2, -0.15) is 0 Å². The third kappa shape index (κ3) is 3.21. The molecule has 0 fully saturated rings. The summed E-state index contributed by atoms with van der Waals surface area (Å²) in [5, 5.41) is 10.8. The maximum atomic E-state index is 13.0. The Bertz CT molecular complexity index is 905. The number of aromatic nitrogens is 3. The Balaban J connectivity index is 1.84. The van der Waals surface area contributed by atoms with E-state index in [-0.39, 0.29) is 11.7 Å². The Kier molecular flexibility index (Phi) is 4.44. The minimum absolute atomic E-state index is 0.273. The molecule has 1 N–H and O–H groups in total. The first-order valence-corrected chi connectivity index (χ1v) is 8.01. The number of anilines is 1. The van der Waals surface area contributed by atoms with Crippen LogP contribution in [0.5, 0.6) is 0 Å². The first-order chi connectivity index (χ1) is 11.5. The van der Waals surface area contributed by atoms with E-state index in [1.54, 1.807) is 35.9 Å². The van der Waals surface area contributed by atoms with Crippen LogP contribution in [-0.2, 0) is 0 Å². The molecular weight excluding hydrogens is 375 g/mol. The number of carbonyl (C=O) groups excluding carboxylic acids is 1. The molecule has 3 aromatic rings. The van der Waals surface area contributed by atoms with Crippen molar-refractivity contribution in [3.05, 3.63) is 69.6 Å². The maximum absolute atomic E-state index is 13.0. The van der Waals surface area contributed by atoms with Crippen LogP contribution in [0, 0.1) is 19.7 Å². The van der Waals surface area contributed by atoms with Crippen LogP contribution in [0.4, 0.5) is 10.2 Å². The van der Waals surface area contributed by atoms with Crippen molar-refractivity contribution in [3.8, 4) is 5.69 Å². The molecule has 3 rings (SSSR count). The van der Waals surface area contributed by atoms with Crippen molar-refractivity contribution in [1.29, 1.82) is 0 Å². The largest absolute Gasteiger partial charge is 0.303 e. The van der Waals surface area contributed by atoms with E-state index < -0.39 is 0 Å². The van der Waals surface area contributed by atoms with Crippen molar-refractivity contribution in [2.75, 3.05) is 5.32 Å². The lowest BCUT2D eigenvalue weighted by Gasteiger charge is -2.06. The summed E-state index contributed by atoms with van der Waals surface area (Å²) < 4.78 is 15.4. The third-order valence-corrected chi connectivity index (χ3v) is 4.49. The number of carbonyl (C=O) groups is 1. The molecule has 0 atom stereocenters. The van der Waals surface area contributed by atoms with Gasteiger partial charge in [-0.1, -0.05) is 27.2 Å². The van der Waals surface area contributed by atoms with Crippen molar-refractivity contribution in [2.45, 2.75) is 13.8 Å². The molecule has 122 valence electrons. The topological polar surface area (TPSA) is 59.8 Å². The highest BCUT2D eigenvalue weighted by Crippen LogP contribution is 2.20. The van der Waals surface area contributed by atoms with E-state index in [9.17, 15) is 9.18 Å². The van der Waals surface area contributed by atoms with Gasteiger partial charge in [-0.05, 0) is 55.8 Å². The first-order valence-electron chi connectivity index (χ1n) is 7.21. The molecule has 0 saturated heterocycles. The summed E-state index contributed by atoms with van der Waals surface area (Å²) >= 11 is 3.41. The maximum Gasteiger partial charge on any atom is 0.256 e. The van der Waals surface area contributed by atoms with Gasteiger partial charge in [0.2, 0.25) is 0 Å². The predicted molar refractivity (Wildman–Crippen MR) is 92.9 cm³/mol. The number of benzene rings is 2. The zero-order valence-corrected chi connectivity index (χ0v) is 14.6. The van der Waals surface area contributed by atoms with Gasteiger partial charge in [0.15, 0.2) is 5.82 Å². The van der Waals surface area contributed by atoms with Crippen molar-refractivity contribution in [2.24, 2.45) is 0 Å². The average molecular weight is 389 g/mol. The van der Waals surface area contributed by atoms with Crippen LogP contribution in [0.15, 0.2) is 46.9 Å². The average Bonchev–Trinajstić information content (AvgIpc) is 2.92. The van der Waals surface area contributed by atoms with Crippen LogP contribution in [-0.4, -0.2) is 20.9 Å². The van der Waals surface area contributed by atoms with Crippen LogP contribution >= 0.6 is 15.9 Å². The van der Waals surface area contributed by atoms with Crippen LogP contribution < -0.4 is 5.32 Å². The van der Waals surface area contributed by atoms with Gasteiger partial charge < -0.3 is 5.32 Å². The minimum atomic E-state index is -0.324. The quantitative estimate of drug-likeness (QED) is 0.736. The van der Waals surface area contributed by atoms with Gasteiger partial charge >= 0.3 is 0 Å². The SMILES string of the molecule is Cc1ccc(C(=O)Nc2nnn(-c3ccc(F)cc3)c2C)cc1Br. The highest BCUT2D eigenvalue weighted by Gasteiger charge is 2.14. The van der Waals surface area contributed by atoms with E-state index in [0.29, 0.717) is 22.8 Å². The fourth-order valence-corrected chi connectivity index (χ4v) is 2.56. The Morgan fingerprint density at radius 3 is 2.54 bits per heavy atom. The molecule has 0 unspecified atom stereocenters. The van der Waals surface area contributed by atoms with Crippen LogP contribution in [0.1, 0.15) is 21.6 Å². The molecule has 0 spiro atoms. The molecule has 7 heteroatoms. The molecule has 0 saturated carbocycles. The highest BCUT2D eigenvalue weighted by molar-refractivity contribution is 9.10. The molecule has 0 radical (unpaired) electrons. The monoisotopic (exact) mass is 388 g/mol. The summed E-state index contributed by atoms with van der Waals surface area (Å²) in [6.45, 7) is 3.73. The number of hydrogen-bond donors (Lipinski definition) is 1. The van der Waals surface area contributed by atoms with Crippen molar-refractivity contribution < 1.29 is 9.18 Å². The molecule has 2 aromatic carbocycles. The first kappa shape index (κ1) is 16.3. The molecule has 0 aliphatic carbocycles. The normalized spacial score (nSPS) is 10.7. The van der Waals surface area contributed by atoms with E-state index in [4.69, 9.17) is 0 Å². The number of aryl methyl sites for hydroxylation is 1. The summed E-state index contributed by atoms with van der Waals surface area (Å²) in [5.74, 6) is -0.235. The van der Waals surface area contributed by atoms with Gasteiger partial charge in [-0.25, -0.2) is 9.07 Å². The number of halogens is 2. The van der Waals surface area contributed by atoms with Crippen LogP contribution in [0.25, 0.3) is 5.69 Å². The van der Waals surface area contributed by atoms with Gasteiger partial charge in [0.05, 0.1) is 11.4 Å². The number of hydrogen-bond acceptors (Lipinski definition) is 3. The van der Waals surface area contributed by atoms with Crippen LogP contribution in [0.3, 0.4) is 0 Å². The van der Waals surface area contributed by atoms with Gasteiger partial charge in [0, 0.05) is 10.0 Å². The second kappa shape index (κ2) is 6.52. The predicted octanol–water partition coefficient (Wildman–Crippen LogP) is 4.04. The fraction of sp³-hybridized carbons (Fsp3) is 0.118. The summed E-state index contributed by atoms with van der Waals surface area (Å²) in [5.41, 5.74) is 2.88. The van der Waals surface area contributed by atoms with Gasteiger partial charge in [0.1, 0.15) is 5.82 Å². The smallest absolute Gasteiger partial charge is 0.256 e. The fourth-order valence-electron chi connectivity index (χ4n) is 2.19. The minimum Gasteiger partial charge on any atom is -0.303 e. The van der Waals surface area contributed by atoms with Gasteiger partial charge in [0.25, 0.3) is 5.91 Å². The summed E-state index contributed by atoms with van der Waals surface area (Å²) in [7, 11) is 0. The summed E-state index contributed by atoms with van der Waals surface area (Å²) in [6.07, 6.45) is 0. The molecular formula is C17H14BrFN4O. The molecule has 5 nitrogen and oxygen atoms in total. The number of nitrogens with one attached hydrogen (secondary N) is 1. The van der Waals surface area contributed by atoms with E-state index in [1.165, 1.54) is 12.1 Å². The molecule has 0 bridgehead atoms. The van der Waals surface area contributed by atoms with Crippen molar-refractivity contribution >= 4 is 27.7 Å². The number of amides is 1. The molecule has 0 aliphatic rings.